The summed E-state index contributed by atoms with van der Waals surface area (Å²) in [5, 5.41) is 10.7. The van der Waals surface area contributed by atoms with Crippen LogP contribution in [0.3, 0.4) is 0 Å². The largest absolute Gasteiger partial charge is 1.00 e. The Labute approximate surface area is 149 Å². The molecule has 0 amide bonds. The number of hydrogen-bond donors (Lipinski definition) is 1. The molecule has 0 aliphatic rings. The molecule has 0 aliphatic heterocycles. The van der Waals surface area contributed by atoms with Crippen LogP contribution in [-0.2, 0) is 10.1 Å². The van der Waals surface area contributed by atoms with E-state index in [0.29, 0.717) is 13.0 Å². The van der Waals surface area contributed by atoms with Crippen LogP contribution in [0, 0.1) is 6.92 Å². The SMILES string of the molecule is CCN(c1cccc(C)c1)C(O)(CC)CCS(=O)(=O)[O-].[Na+]. The molecule has 21 heavy (non-hydrogen) atoms. The molecular formula is C14H22NNaO4S. The molecule has 0 fully saturated rings. The second kappa shape index (κ2) is 8.50. The van der Waals surface area contributed by atoms with E-state index in [0.717, 1.165) is 11.3 Å². The molecule has 5 nitrogen and oxygen atoms in total. The molecule has 1 N–H and O–H groups in total. The van der Waals surface area contributed by atoms with Gasteiger partial charge in [-0.05, 0) is 38.0 Å². The van der Waals surface area contributed by atoms with Crippen LogP contribution in [0.15, 0.2) is 24.3 Å². The maximum atomic E-state index is 10.8. The average Bonchev–Trinajstić information content (AvgIpc) is 2.36. The van der Waals surface area contributed by atoms with Crippen LogP contribution >= 0.6 is 0 Å². The Bertz CT molecular complexity index is 550. The fourth-order valence-corrected chi connectivity index (χ4v) is 2.88. The van der Waals surface area contributed by atoms with E-state index in [1.54, 1.807) is 11.8 Å². The van der Waals surface area contributed by atoms with Crippen molar-refractivity contribution in [1.29, 1.82) is 0 Å². The Morgan fingerprint density at radius 2 is 1.95 bits per heavy atom. The molecule has 0 aromatic heterocycles. The van der Waals surface area contributed by atoms with Crippen LogP contribution in [0.1, 0.15) is 32.3 Å². The minimum absolute atomic E-state index is 0. The Hall–Kier alpha value is -0.110. The monoisotopic (exact) mass is 323 g/mol. The summed E-state index contributed by atoms with van der Waals surface area (Å²) >= 11 is 0. The van der Waals surface area contributed by atoms with Gasteiger partial charge in [0, 0.05) is 24.4 Å². The summed E-state index contributed by atoms with van der Waals surface area (Å²) in [7, 11) is -4.34. The van der Waals surface area contributed by atoms with E-state index in [2.05, 4.69) is 0 Å². The van der Waals surface area contributed by atoms with Crippen molar-refractivity contribution in [3.05, 3.63) is 29.8 Å². The maximum absolute atomic E-state index is 10.8. The maximum Gasteiger partial charge on any atom is 1.00 e. The number of hydrogen-bond acceptors (Lipinski definition) is 5. The van der Waals surface area contributed by atoms with Crippen molar-refractivity contribution in [2.75, 3.05) is 17.2 Å². The summed E-state index contributed by atoms with van der Waals surface area (Å²) < 4.78 is 32.4. The quantitative estimate of drug-likeness (QED) is 0.390. The van der Waals surface area contributed by atoms with Gasteiger partial charge in [-0.1, -0.05) is 19.1 Å². The van der Waals surface area contributed by atoms with Crippen molar-refractivity contribution in [2.45, 2.75) is 39.3 Å². The summed E-state index contributed by atoms with van der Waals surface area (Å²) in [6, 6.07) is 7.62. The van der Waals surface area contributed by atoms with Gasteiger partial charge in [0.2, 0.25) is 0 Å². The zero-order chi connectivity index (χ0) is 15.4. The molecule has 1 aromatic rings. The van der Waals surface area contributed by atoms with Gasteiger partial charge < -0.3 is 14.6 Å². The predicted octanol–water partition coefficient (Wildman–Crippen LogP) is -1.14. The first kappa shape index (κ1) is 20.9. The molecule has 0 heterocycles. The second-order valence-electron chi connectivity index (χ2n) is 4.93. The molecule has 114 valence electrons. The van der Waals surface area contributed by atoms with Gasteiger partial charge in [0.25, 0.3) is 0 Å². The summed E-state index contributed by atoms with van der Waals surface area (Å²) in [6.07, 6.45) is 0.238. The van der Waals surface area contributed by atoms with Crippen molar-refractivity contribution in [2.24, 2.45) is 0 Å². The minimum Gasteiger partial charge on any atom is -0.748 e. The van der Waals surface area contributed by atoms with E-state index in [-0.39, 0.29) is 36.0 Å². The molecule has 0 radical (unpaired) electrons. The van der Waals surface area contributed by atoms with Gasteiger partial charge in [-0.2, -0.15) is 0 Å². The molecule has 1 aromatic carbocycles. The van der Waals surface area contributed by atoms with Gasteiger partial charge >= 0.3 is 29.6 Å². The van der Waals surface area contributed by atoms with E-state index in [1.165, 1.54) is 0 Å². The number of aliphatic hydroxyl groups is 1. The van der Waals surface area contributed by atoms with Gasteiger partial charge in [-0.3, -0.25) is 0 Å². The Morgan fingerprint density at radius 3 is 2.38 bits per heavy atom. The molecule has 0 saturated heterocycles. The number of rotatable bonds is 7. The van der Waals surface area contributed by atoms with Crippen molar-refractivity contribution in [1.82, 2.24) is 0 Å². The third-order valence-electron chi connectivity index (χ3n) is 3.45. The van der Waals surface area contributed by atoms with E-state index in [1.807, 2.05) is 38.1 Å². The van der Waals surface area contributed by atoms with E-state index in [9.17, 15) is 18.1 Å². The van der Waals surface area contributed by atoms with E-state index < -0.39 is 21.6 Å². The topological polar surface area (TPSA) is 80.7 Å². The molecule has 0 spiro atoms. The molecule has 1 atom stereocenters. The van der Waals surface area contributed by atoms with Crippen molar-refractivity contribution < 1.29 is 47.6 Å². The molecule has 1 rings (SSSR count). The Kier molecular flexibility index (Phi) is 8.46. The minimum atomic E-state index is -4.34. The Balaban J connectivity index is 0.00000400. The van der Waals surface area contributed by atoms with Crippen LogP contribution in [0.25, 0.3) is 0 Å². The summed E-state index contributed by atoms with van der Waals surface area (Å²) in [5.74, 6) is -0.570. The third kappa shape index (κ3) is 6.26. The first-order valence-electron chi connectivity index (χ1n) is 6.72. The number of nitrogens with zero attached hydrogens (tertiary/aromatic N) is 1. The fraction of sp³-hybridized carbons (Fsp3) is 0.571. The second-order valence-corrected chi connectivity index (χ2v) is 6.45. The summed E-state index contributed by atoms with van der Waals surface area (Å²) in [6.45, 7) is 6.13. The van der Waals surface area contributed by atoms with Gasteiger partial charge in [0.05, 0.1) is 10.1 Å². The van der Waals surface area contributed by atoms with E-state index in [4.69, 9.17) is 0 Å². The molecule has 0 bridgehead atoms. The van der Waals surface area contributed by atoms with Crippen molar-refractivity contribution in [3.8, 4) is 0 Å². The van der Waals surface area contributed by atoms with Crippen LogP contribution in [0.2, 0.25) is 0 Å². The van der Waals surface area contributed by atoms with Gasteiger partial charge in [-0.25, -0.2) is 8.42 Å². The zero-order valence-electron chi connectivity index (χ0n) is 13.2. The van der Waals surface area contributed by atoms with E-state index >= 15 is 0 Å². The smallest absolute Gasteiger partial charge is 0.748 e. The fourth-order valence-electron chi connectivity index (χ4n) is 2.30. The van der Waals surface area contributed by atoms with Gasteiger partial charge in [0.15, 0.2) is 0 Å². The normalized spacial score (nSPS) is 14.1. The predicted molar refractivity (Wildman–Crippen MR) is 78.6 cm³/mol. The molecule has 7 heteroatoms. The zero-order valence-corrected chi connectivity index (χ0v) is 16.0. The van der Waals surface area contributed by atoms with Crippen LogP contribution in [0.4, 0.5) is 5.69 Å². The number of anilines is 1. The van der Waals surface area contributed by atoms with Gasteiger partial charge in [-0.15, -0.1) is 0 Å². The molecule has 0 saturated carbocycles. The first-order valence-corrected chi connectivity index (χ1v) is 8.30. The standard InChI is InChI=1S/C14H23NO4S.Na/c1-4-14(16,9-10-20(17,18)19)15(5-2)13-8-6-7-12(3)11-13;/h6-8,11,16H,4-5,9-10H2,1-3H3,(H,17,18,19);/q;+1/p-1. The first-order chi connectivity index (χ1) is 9.22. The molecule has 0 aliphatic carbocycles. The van der Waals surface area contributed by atoms with Gasteiger partial charge in [0.1, 0.15) is 5.72 Å². The number of benzene rings is 1. The molecule has 1 unspecified atom stereocenters. The number of aryl methyl sites for hydroxylation is 1. The van der Waals surface area contributed by atoms with Crippen molar-refractivity contribution in [3.63, 3.8) is 0 Å². The Morgan fingerprint density at radius 1 is 1.33 bits per heavy atom. The average molecular weight is 323 g/mol. The molecular weight excluding hydrogens is 301 g/mol. The van der Waals surface area contributed by atoms with Crippen LogP contribution in [-0.4, -0.2) is 36.1 Å². The summed E-state index contributed by atoms with van der Waals surface area (Å²) in [4.78, 5) is 1.74. The third-order valence-corrected chi connectivity index (χ3v) is 4.15. The van der Waals surface area contributed by atoms with Crippen LogP contribution in [0.5, 0.6) is 0 Å². The van der Waals surface area contributed by atoms with Crippen molar-refractivity contribution >= 4 is 15.8 Å². The van der Waals surface area contributed by atoms with Crippen LogP contribution < -0.4 is 34.5 Å². The summed E-state index contributed by atoms with van der Waals surface area (Å²) in [5.41, 5.74) is 0.538.